The second-order valence-corrected chi connectivity index (χ2v) is 5.46. The Hall–Kier alpha value is -0.0800. The van der Waals surface area contributed by atoms with Crippen molar-refractivity contribution in [3.8, 4) is 0 Å². The molecule has 1 aliphatic heterocycles. The van der Waals surface area contributed by atoms with Crippen LogP contribution in [0.3, 0.4) is 0 Å². The van der Waals surface area contributed by atoms with Gasteiger partial charge in [-0.25, -0.2) is 0 Å². The van der Waals surface area contributed by atoms with Gasteiger partial charge in [0.25, 0.3) is 0 Å². The first-order valence-corrected chi connectivity index (χ1v) is 6.61. The number of nitrogens with one attached hydrogen (secondary N) is 1. The zero-order valence-corrected chi connectivity index (χ0v) is 10.8. The van der Waals surface area contributed by atoms with Gasteiger partial charge in [0.05, 0.1) is 0 Å². The first kappa shape index (κ1) is 13.0. The zero-order chi connectivity index (χ0) is 11.1. The Morgan fingerprint density at radius 2 is 1.53 bits per heavy atom. The SMILES string of the molecule is CCNC(C)(C)CN1CCCCCCC1. The van der Waals surface area contributed by atoms with Gasteiger partial charge in [0.2, 0.25) is 0 Å². The van der Waals surface area contributed by atoms with E-state index in [4.69, 9.17) is 0 Å². The lowest BCUT2D eigenvalue weighted by atomic mass is 10.0. The minimum atomic E-state index is 0.272. The number of likely N-dealkylation sites (N-methyl/N-ethyl adjacent to an activating group) is 1. The standard InChI is InChI=1S/C13H28N2/c1-4-14-13(2,3)12-15-10-8-6-5-7-9-11-15/h14H,4-12H2,1-3H3. The highest BCUT2D eigenvalue weighted by molar-refractivity contribution is 4.81. The maximum Gasteiger partial charge on any atom is 0.0252 e. The summed E-state index contributed by atoms with van der Waals surface area (Å²) in [5, 5.41) is 3.56. The zero-order valence-electron chi connectivity index (χ0n) is 10.8. The molecule has 0 aromatic rings. The Labute approximate surface area is 95.4 Å². The molecule has 0 saturated carbocycles. The molecule has 0 radical (unpaired) electrons. The molecule has 0 aromatic heterocycles. The van der Waals surface area contributed by atoms with E-state index in [2.05, 4.69) is 31.0 Å². The fraction of sp³-hybridized carbons (Fsp3) is 1.00. The van der Waals surface area contributed by atoms with E-state index in [-0.39, 0.29) is 5.54 Å². The third kappa shape index (κ3) is 5.53. The van der Waals surface area contributed by atoms with Gasteiger partial charge < -0.3 is 10.2 Å². The quantitative estimate of drug-likeness (QED) is 0.770. The second kappa shape index (κ2) is 6.49. The molecule has 1 fully saturated rings. The van der Waals surface area contributed by atoms with E-state index in [0.717, 1.165) is 6.54 Å². The van der Waals surface area contributed by atoms with Crippen LogP contribution in [0.15, 0.2) is 0 Å². The second-order valence-electron chi connectivity index (χ2n) is 5.46. The Kier molecular flexibility index (Phi) is 5.62. The molecule has 1 heterocycles. The van der Waals surface area contributed by atoms with Crippen LogP contribution in [0.25, 0.3) is 0 Å². The topological polar surface area (TPSA) is 15.3 Å². The monoisotopic (exact) mass is 212 g/mol. The van der Waals surface area contributed by atoms with Crippen molar-refractivity contribution in [1.82, 2.24) is 10.2 Å². The molecule has 1 N–H and O–H groups in total. The van der Waals surface area contributed by atoms with E-state index in [1.54, 1.807) is 0 Å². The van der Waals surface area contributed by atoms with Crippen molar-refractivity contribution in [2.75, 3.05) is 26.2 Å². The molecule has 0 atom stereocenters. The largest absolute Gasteiger partial charge is 0.311 e. The van der Waals surface area contributed by atoms with Crippen LogP contribution in [0.5, 0.6) is 0 Å². The predicted molar refractivity (Wildman–Crippen MR) is 67.3 cm³/mol. The molecular formula is C13H28N2. The molecule has 1 aliphatic rings. The summed E-state index contributed by atoms with van der Waals surface area (Å²) in [4.78, 5) is 2.64. The molecule has 1 saturated heterocycles. The molecule has 90 valence electrons. The average Bonchev–Trinajstić information content (AvgIpc) is 2.09. The minimum Gasteiger partial charge on any atom is -0.311 e. The molecular weight excluding hydrogens is 184 g/mol. The van der Waals surface area contributed by atoms with E-state index in [0.29, 0.717) is 0 Å². The molecule has 0 aliphatic carbocycles. The van der Waals surface area contributed by atoms with E-state index in [1.165, 1.54) is 51.7 Å². The van der Waals surface area contributed by atoms with Crippen LogP contribution < -0.4 is 5.32 Å². The van der Waals surface area contributed by atoms with E-state index >= 15 is 0 Å². The Balaban J connectivity index is 2.33. The highest BCUT2D eigenvalue weighted by Gasteiger charge is 2.20. The normalized spacial score (nSPS) is 21.0. The molecule has 0 spiro atoms. The van der Waals surface area contributed by atoms with Crippen LogP contribution in [0.2, 0.25) is 0 Å². The van der Waals surface area contributed by atoms with Gasteiger partial charge in [0, 0.05) is 12.1 Å². The van der Waals surface area contributed by atoms with Crippen LogP contribution in [-0.2, 0) is 0 Å². The summed E-state index contributed by atoms with van der Waals surface area (Å²) < 4.78 is 0. The Bertz CT molecular complexity index is 158. The molecule has 1 rings (SSSR count). The fourth-order valence-corrected chi connectivity index (χ4v) is 2.56. The van der Waals surface area contributed by atoms with Crippen LogP contribution in [-0.4, -0.2) is 36.6 Å². The van der Waals surface area contributed by atoms with Crippen molar-refractivity contribution in [3.05, 3.63) is 0 Å². The highest BCUT2D eigenvalue weighted by atomic mass is 15.2. The first-order chi connectivity index (χ1) is 7.14. The molecule has 15 heavy (non-hydrogen) atoms. The smallest absolute Gasteiger partial charge is 0.0252 e. The van der Waals surface area contributed by atoms with Gasteiger partial charge in [0.1, 0.15) is 0 Å². The molecule has 0 unspecified atom stereocenters. The highest BCUT2D eigenvalue weighted by Crippen LogP contribution is 2.13. The number of nitrogens with zero attached hydrogens (tertiary/aromatic N) is 1. The Morgan fingerprint density at radius 1 is 1.00 bits per heavy atom. The molecule has 0 amide bonds. The molecule has 0 bridgehead atoms. The van der Waals surface area contributed by atoms with Gasteiger partial charge >= 0.3 is 0 Å². The summed E-state index contributed by atoms with van der Waals surface area (Å²) in [5.74, 6) is 0. The summed E-state index contributed by atoms with van der Waals surface area (Å²) in [6.45, 7) is 11.7. The van der Waals surface area contributed by atoms with Crippen LogP contribution >= 0.6 is 0 Å². The number of hydrogen-bond donors (Lipinski definition) is 1. The maximum absolute atomic E-state index is 3.56. The summed E-state index contributed by atoms with van der Waals surface area (Å²) in [7, 11) is 0. The van der Waals surface area contributed by atoms with Crippen molar-refractivity contribution in [2.24, 2.45) is 0 Å². The number of hydrogen-bond acceptors (Lipinski definition) is 2. The lowest BCUT2D eigenvalue weighted by molar-refractivity contribution is 0.187. The van der Waals surface area contributed by atoms with Crippen molar-refractivity contribution in [3.63, 3.8) is 0 Å². The molecule has 0 aromatic carbocycles. The summed E-state index contributed by atoms with van der Waals surface area (Å²) in [6, 6.07) is 0. The van der Waals surface area contributed by atoms with Crippen molar-refractivity contribution < 1.29 is 0 Å². The maximum atomic E-state index is 3.56. The van der Waals surface area contributed by atoms with E-state index in [9.17, 15) is 0 Å². The van der Waals surface area contributed by atoms with Gasteiger partial charge in [0.15, 0.2) is 0 Å². The molecule has 2 heteroatoms. The van der Waals surface area contributed by atoms with E-state index in [1.807, 2.05) is 0 Å². The number of likely N-dealkylation sites (tertiary alicyclic amines) is 1. The third-order valence-corrected chi connectivity index (χ3v) is 3.22. The van der Waals surface area contributed by atoms with Gasteiger partial charge in [-0.3, -0.25) is 0 Å². The summed E-state index contributed by atoms with van der Waals surface area (Å²) in [5.41, 5.74) is 0.272. The molecule has 2 nitrogen and oxygen atoms in total. The van der Waals surface area contributed by atoms with Crippen molar-refractivity contribution in [2.45, 2.75) is 58.4 Å². The van der Waals surface area contributed by atoms with Crippen molar-refractivity contribution in [1.29, 1.82) is 0 Å². The number of rotatable bonds is 4. The third-order valence-electron chi connectivity index (χ3n) is 3.22. The minimum absolute atomic E-state index is 0.272. The lowest BCUT2D eigenvalue weighted by Crippen LogP contribution is -2.49. The van der Waals surface area contributed by atoms with Gasteiger partial charge in [-0.2, -0.15) is 0 Å². The first-order valence-electron chi connectivity index (χ1n) is 6.61. The van der Waals surface area contributed by atoms with Gasteiger partial charge in [-0.1, -0.05) is 26.2 Å². The Morgan fingerprint density at radius 3 is 2.07 bits per heavy atom. The summed E-state index contributed by atoms with van der Waals surface area (Å²) >= 11 is 0. The van der Waals surface area contributed by atoms with Crippen molar-refractivity contribution >= 4 is 0 Å². The van der Waals surface area contributed by atoms with Crippen LogP contribution in [0, 0.1) is 0 Å². The lowest BCUT2D eigenvalue weighted by Gasteiger charge is -2.34. The predicted octanol–water partition coefficient (Wildman–Crippen LogP) is 2.64. The van der Waals surface area contributed by atoms with Crippen LogP contribution in [0.1, 0.15) is 52.9 Å². The van der Waals surface area contributed by atoms with Gasteiger partial charge in [-0.15, -0.1) is 0 Å². The average molecular weight is 212 g/mol. The van der Waals surface area contributed by atoms with E-state index < -0.39 is 0 Å². The van der Waals surface area contributed by atoms with Gasteiger partial charge in [-0.05, 0) is 46.3 Å². The summed E-state index contributed by atoms with van der Waals surface area (Å²) in [6.07, 6.45) is 7.09. The fourth-order valence-electron chi connectivity index (χ4n) is 2.56. The van der Waals surface area contributed by atoms with Crippen LogP contribution in [0.4, 0.5) is 0 Å².